The Labute approximate surface area is 106 Å². The number of nitrogens with one attached hydrogen (secondary N) is 1. The minimum atomic E-state index is 0.0300. The number of pyridine rings is 1. The molecule has 0 spiro atoms. The van der Waals surface area contributed by atoms with Gasteiger partial charge in [-0.25, -0.2) is 4.98 Å². The number of hydrogen-bond donors (Lipinski definition) is 2. The molecule has 2 atom stereocenters. The van der Waals surface area contributed by atoms with E-state index in [4.69, 9.17) is 5.84 Å². The van der Waals surface area contributed by atoms with Crippen LogP contribution in [0.15, 0.2) is 30.9 Å². The highest BCUT2D eigenvalue weighted by molar-refractivity contribution is 5.31. The lowest BCUT2D eigenvalue weighted by atomic mass is 9.95. The highest BCUT2D eigenvalue weighted by Crippen LogP contribution is 2.39. The molecular formula is C13H17N5. The molecule has 2 heterocycles. The Kier molecular flexibility index (Phi) is 2.85. The summed E-state index contributed by atoms with van der Waals surface area (Å²) in [6.45, 7) is 0. The third kappa shape index (κ3) is 1.81. The van der Waals surface area contributed by atoms with Crippen LogP contribution in [0, 0.1) is 0 Å². The largest absolute Gasteiger partial charge is 0.340 e. The first-order chi connectivity index (χ1) is 8.79. The van der Waals surface area contributed by atoms with Gasteiger partial charge in [-0.3, -0.25) is 16.3 Å². The van der Waals surface area contributed by atoms with E-state index in [2.05, 4.69) is 21.5 Å². The lowest BCUT2D eigenvalue weighted by Crippen LogP contribution is -2.32. The minimum Gasteiger partial charge on any atom is -0.340 e. The van der Waals surface area contributed by atoms with Crippen LogP contribution in [0.3, 0.4) is 0 Å². The van der Waals surface area contributed by atoms with E-state index >= 15 is 0 Å². The van der Waals surface area contributed by atoms with Gasteiger partial charge in [0.05, 0.1) is 18.1 Å². The van der Waals surface area contributed by atoms with Gasteiger partial charge in [0.2, 0.25) is 0 Å². The zero-order valence-corrected chi connectivity index (χ0v) is 10.4. The van der Waals surface area contributed by atoms with E-state index in [1.165, 1.54) is 5.56 Å². The van der Waals surface area contributed by atoms with Gasteiger partial charge in [0.1, 0.15) is 0 Å². The van der Waals surface area contributed by atoms with Gasteiger partial charge in [0.25, 0.3) is 0 Å². The van der Waals surface area contributed by atoms with Gasteiger partial charge in [-0.05, 0) is 24.5 Å². The van der Waals surface area contributed by atoms with Crippen LogP contribution in [0.25, 0.3) is 0 Å². The maximum absolute atomic E-state index is 5.72. The Bertz CT molecular complexity index is 548. The van der Waals surface area contributed by atoms with Gasteiger partial charge in [-0.2, -0.15) is 0 Å². The van der Waals surface area contributed by atoms with Crippen molar-refractivity contribution in [2.75, 3.05) is 0 Å². The summed E-state index contributed by atoms with van der Waals surface area (Å²) in [6.07, 6.45) is 7.79. The fraction of sp³-hybridized carbons (Fsp3) is 0.385. The van der Waals surface area contributed by atoms with Crippen LogP contribution < -0.4 is 11.3 Å². The highest BCUT2D eigenvalue weighted by atomic mass is 15.2. The number of hydrazine groups is 1. The fourth-order valence-electron chi connectivity index (χ4n) is 2.77. The summed E-state index contributed by atoms with van der Waals surface area (Å²) in [4.78, 5) is 8.91. The monoisotopic (exact) mass is 243 g/mol. The van der Waals surface area contributed by atoms with Gasteiger partial charge >= 0.3 is 0 Å². The third-order valence-electron chi connectivity index (χ3n) is 3.63. The van der Waals surface area contributed by atoms with Crippen molar-refractivity contribution in [3.8, 4) is 0 Å². The summed E-state index contributed by atoms with van der Waals surface area (Å²) in [7, 11) is 1.96. The molecule has 0 radical (unpaired) electrons. The maximum Gasteiger partial charge on any atom is 0.0947 e. The van der Waals surface area contributed by atoms with Crippen molar-refractivity contribution in [1.29, 1.82) is 0 Å². The number of aryl methyl sites for hydroxylation is 2. The lowest BCUT2D eigenvalue weighted by Gasteiger charge is -2.21. The zero-order chi connectivity index (χ0) is 12.5. The van der Waals surface area contributed by atoms with Crippen molar-refractivity contribution in [2.24, 2.45) is 12.9 Å². The fourth-order valence-corrected chi connectivity index (χ4v) is 2.77. The first kappa shape index (κ1) is 11.4. The molecule has 2 aromatic heterocycles. The summed E-state index contributed by atoms with van der Waals surface area (Å²) in [5, 5.41) is 0. The molecule has 2 aromatic rings. The molecule has 5 nitrogen and oxygen atoms in total. The normalized spacial score (nSPS) is 19.8. The molecule has 0 saturated carbocycles. The number of aromatic nitrogens is 3. The Morgan fingerprint density at radius 1 is 1.50 bits per heavy atom. The average Bonchev–Trinajstić information content (AvgIpc) is 2.98. The third-order valence-corrected chi connectivity index (χ3v) is 3.63. The van der Waals surface area contributed by atoms with E-state index in [0.717, 1.165) is 24.2 Å². The van der Waals surface area contributed by atoms with Crippen LogP contribution in [-0.2, 0) is 13.5 Å². The molecule has 0 aliphatic heterocycles. The Morgan fingerprint density at radius 3 is 3.11 bits per heavy atom. The average molecular weight is 243 g/mol. The summed E-state index contributed by atoms with van der Waals surface area (Å²) < 4.78 is 1.94. The molecule has 0 bridgehead atoms. The molecule has 94 valence electrons. The smallest absolute Gasteiger partial charge is 0.0947 e. The van der Waals surface area contributed by atoms with Crippen molar-refractivity contribution in [3.05, 3.63) is 47.8 Å². The van der Waals surface area contributed by atoms with Crippen molar-refractivity contribution in [3.63, 3.8) is 0 Å². The van der Waals surface area contributed by atoms with Crippen LogP contribution in [0.4, 0.5) is 0 Å². The topological polar surface area (TPSA) is 68.8 Å². The van der Waals surface area contributed by atoms with Crippen LogP contribution in [0.5, 0.6) is 0 Å². The predicted molar refractivity (Wildman–Crippen MR) is 68.6 cm³/mol. The number of fused-ring (bicyclic) bond motifs is 1. The maximum atomic E-state index is 5.72. The number of nitrogens with zero attached hydrogens (tertiary/aromatic N) is 3. The first-order valence-corrected chi connectivity index (χ1v) is 6.17. The zero-order valence-electron chi connectivity index (χ0n) is 10.4. The quantitative estimate of drug-likeness (QED) is 0.624. The summed E-state index contributed by atoms with van der Waals surface area (Å²) in [5.41, 5.74) is 6.36. The van der Waals surface area contributed by atoms with Crippen molar-refractivity contribution in [2.45, 2.75) is 24.8 Å². The number of hydrogen-bond acceptors (Lipinski definition) is 4. The second-order valence-electron chi connectivity index (χ2n) is 4.80. The molecule has 0 aromatic carbocycles. The van der Waals surface area contributed by atoms with Crippen molar-refractivity contribution >= 4 is 0 Å². The van der Waals surface area contributed by atoms with Gasteiger partial charge in [-0.1, -0.05) is 6.07 Å². The van der Waals surface area contributed by atoms with Gasteiger partial charge < -0.3 is 4.57 Å². The van der Waals surface area contributed by atoms with Gasteiger partial charge in [0, 0.05) is 31.1 Å². The van der Waals surface area contributed by atoms with Crippen molar-refractivity contribution < 1.29 is 0 Å². The minimum absolute atomic E-state index is 0.0300. The standard InChI is InChI=1S/C13H17N5/c1-18-7-11(16-8-18)13(17-14)10-5-4-9-3-2-6-15-12(9)10/h2-3,6-8,10,13,17H,4-5,14H2,1H3. The molecule has 18 heavy (non-hydrogen) atoms. The molecule has 1 aliphatic carbocycles. The molecule has 1 aliphatic rings. The summed E-state index contributed by atoms with van der Waals surface area (Å²) in [5.74, 6) is 6.03. The Hall–Kier alpha value is -1.72. The van der Waals surface area contributed by atoms with Crippen LogP contribution in [0.1, 0.15) is 35.3 Å². The predicted octanol–water partition coefficient (Wildman–Crippen LogP) is 1.05. The Morgan fingerprint density at radius 2 is 2.39 bits per heavy atom. The van der Waals surface area contributed by atoms with Crippen LogP contribution in [-0.4, -0.2) is 14.5 Å². The summed E-state index contributed by atoms with van der Waals surface area (Å²) >= 11 is 0. The highest BCUT2D eigenvalue weighted by Gasteiger charge is 2.32. The molecule has 0 saturated heterocycles. The first-order valence-electron chi connectivity index (χ1n) is 6.17. The summed E-state index contributed by atoms with van der Waals surface area (Å²) in [6, 6.07) is 4.17. The van der Waals surface area contributed by atoms with E-state index in [-0.39, 0.29) is 6.04 Å². The number of nitrogens with two attached hydrogens (primary N) is 1. The van der Waals surface area contributed by atoms with E-state index < -0.39 is 0 Å². The molecule has 2 unspecified atom stereocenters. The molecule has 3 N–H and O–H groups in total. The van der Waals surface area contributed by atoms with Crippen LogP contribution in [0.2, 0.25) is 0 Å². The second kappa shape index (κ2) is 4.51. The van der Waals surface area contributed by atoms with Gasteiger partial charge in [-0.15, -0.1) is 0 Å². The molecular weight excluding hydrogens is 226 g/mol. The second-order valence-corrected chi connectivity index (χ2v) is 4.80. The number of rotatable bonds is 3. The van der Waals surface area contributed by atoms with E-state index in [0.29, 0.717) is 5.92 Å². The molecule has 5 heteroatoms. The molecule has 3 rings (SSSR count). The molecule has 0 amide bonds. The van der Waals surface area contributed by atoms with E-state index in [9.17, 15) is 0 Å². The number of imidazole rings is 1. The lowest BCUT2D eigenvalue weighted by molar-refractivity contribution is 0.439. The van der Waals surface area contributed by atoms with Crippen molar-refractivity contribution in [1.82, 2.24) is 20.0 Å². The van der Waals surface area contributed by atoms with Gasteiger partial charge in [0.15, 0.2) is 0 Å². The van der Waals surface area contributed by atoms with E-state index in [1.807, 2.05) is 30.1 Å². The molecule has 0 fully saturated rings. The van der Waals surface area contributed by atoms with Crippen LogP contribution >= 0.6 is 0 Å². The van der Waals surface area contributed by atoms with E-state index in [1.54, 1.807) is 6.33 Å². The Balaban J connectivity index is 1.95. The SMILES string of the molecule is Cn1cnc(C(NN)C2CCc3cccnc32)c1.